The second-order valence-corrected chi connectivity index (χ2v) is 7.92. The molecular formula is C26H29N3O2. The monoisotopic (exact) mass is 415 g/mol. The molecule has 31 heavy (non-hydrogen) atoms. The number of nitrogens with zero attached hydrogens (tertiary/aromatic N) is 1. The van der Waals surface area contributed by atoms with Crippen LogP contribution in [0.5, 0.6) is 5.75 Å². The van der Waals surface area contributed by atoms with Gasteiger partial charge in [-0.1, -0.05) is 36.4 Å². The third kappa shape index (κ3) is 5.00. The number of carbonyl (C=O) groups excluding carboxylic acids is 1. The zero-order chi connectivity index (χ0) is 21.6. The number of nitrogens with one attached hydrogen (secondary N) is 2. The molecule has 3 aromatic rings. The SMILES string of the molecule is COc1ccc(C)cc1NC(=O)[C@@H](Nc1ccc(N2CCCC2)cc1)c1ccccc1. The van der Waals surface area contributed by atoms with Gasteiger partial charge in [-0.2, -0.15) is 0 Å². The summed E-state index contributed by atoms with van der Waals surface area (Å²) in [5.74, 6) is 0.499. The van der Waals surface area contributed by atoms with E-state index in [9.17, 15) is 4.79 Å². The lowest BCUT2D eigenvalue weighted by atomic mass is 10.1. The molecule has 0 spiro atoms. The van der Waals surface area contributed by atoms with Gasteiger partial charge in [0.15, 0.2) is 0 Å². The topological polar surface area (TPSA) is 53.6 Å². The van der Waals surface area contributed by atoms with E-state index < -0.39 is 6.04 Å². The van der Waals surface area contributed by atoms with Crippen molar-refractivity contribution < 1.29 is 9.53 Å². The number of anilines is 3. The summed E-state index contributed by atoms with van der Waals surface area (Å²) >= 11 is 0. The first-order valence-corrected chi connectivity index (χ1v) is 10.8. The molecule has 0 saturated carbocycles. The molecule has 0 aromatic heterocycles. The number of methoxy groups -OCH3 is 1. The number of carbonyl (C=O) groups is 1. The summed E-state index contributed by atoms with van der Waals surface area (Å²) in [5.41, 5.74) is 4.75. The molecule has 1 heterocycles. The zero-order valence-corrected chi connectivity index (χ0v) is 18.1. The number of amides is 1. The van der Waals surface area contributed by atoms with Gasteiger partial charge in [-0.3, -0.25) is 4.79 Å². The van der Waals surface area contributed by atoms with Crippen LogP contribution in [0.1, 0.15) is 30.0 Å². The van der Waals surface area contributed by atoms with Gasteiger partial charge in [0.2, 0.25) is 0 Å². The minimum Gasteiger partial charge on any atom is -0.495 e. The highest BCUT2D eigenvalue weighted by Gasteiger charge is 2.22. The Bertz CT molecular complexity index is 1010. The van der Waals surface area contributed by atoms with Gasteiger partial charge >= 0.3 is 0 Å². The van der Waals surface area contributed by atoms with Crippen molar-refractivity contribution in [1.29, 1.82) is 0 Å². The minimum absolute atomic E-state index is 0.140. The molecule has 1 saturated heterocycles. The fourth-order valence-electron chi connectivity index (χ4n) is 3.98. The van der Waals surface area contributed by atoms with Gasteiger partial charge in [-0.05, 0) is 67.3 Å². The van der Waals surface area contributed by atoms with E-state index >= 15 is 0 Å². The Kier molecular flexibility index (Phi) is 6.41. The van der Waals surface area contributed by atoms with Crippen molar-refractivity contribution in [1.82, 2.24) is 0 Å². The summed E-state index contributed by atoms with van der Waals surface area (Å²) in [7, 11) is 1.61. The average Bonchev–Trinajstić information content (AvgIpc) is 3.33. The molecule has 0 bridgehead atoms. The molecule has 0 aliphatic carbocycles. The highest BCUT2D eigenvalue weighted by Crippen LogP contribution is 2.29. The standard InChI is InChI=1S/C26H29N3O2/c1-19-10-15-24(31-2)23(18-19)28-26(30)25(20-8-4-3-5-9-20)27-21-11-13-22(14-12-21)29-16-6-7-17-29/h3-5,8-15,18,25,27H,6-7,16-17H2,1-2H3,(H,28,30)/t25-/m0/s1. The second-order valence-electron chi connectivity index (χ2n) is 7.92. The Hall–Kier alpha value is -3.47. The normalized spacial score (nSPS) is 14.2. The van der Waals surface area contributed by atoms with Crippen LogP contribution in [0.15, 0.2) is 72.8 Å². The number of benzene rings is 3. The highest BCUT2D eigenvalue weighted by molar-refractivity contribution is 5.98. The molecule has 1 aliphatic heterocycles. The van der Waals surface area contributed by atoms with Gasteiger partial charge in [0, 0.05) is 24.5 Å². The lowest BCUT2D eigenvalue weighted by Gasteiger charge is -2.22. The summed E-state index contributed by atoms with van der Waals surface area (Å²) < 4.78 is 5.43. The van der Waals surface area contributed by atoms with Gasteiger partial charge < -0.3 is 20.3 Å². The molecule has 4 rings (SSSR count). The zero-order valence-electron chi connectivity index (χ0n) is 18.1. The maximum atomic E-state index is 13.3. The quantitative estimate of drug-likeness (QED) is 0.543. The molecule has 2 N–H and O–H groups in total. The van der Waals surface area contributed by atoms with Gasteiger partial charge in [0.1, 0.15) is 11.8 Å². The Balaban J connectivity index is 1.56. The van der Waals surface area contributed by atoms with E-state index in [1.54, 1.807) is 7.11 Å². The van der Waals surface area contributed by atoms with Crippen LogP contribution in [0.3, 0.4) is 0 Å². The highest BCUT2D eigenvalue weighted by atomic mass is 16.5. The van der Waals surface area contributed by atoms with Crippen LogP contribution in [-0.4, -0.2) is 26.1 Å². The first-order valence-electron chi connectivity index (χ1n) is 10.8. The van der Waals surface area contributed by atoms with Crippen LogP contribution in [0.2, 0.25) is 0 Å². The van der Waals surface area contributed by atoms with Crippen LogP contribution in [0.4, 0.5) is 17.1 Å². The van der Waals surface area contributed by atoms with Crippen LogP contribution in [0, 0.1) is 6.92 Å². The molecular weight excluding hydrogens is 386 g/mol. The molecule has 1 aliphatic rings. The predicted molar refractivity (Wildman–Crippen MR) is 127 cm³/mol. The van der Waals surface area contributed by atoms with Crippen LogP contribution in [-0.2, 0) is 4.79 Å². The summed E-state index contributed by atoms with van der Waals surface area (Å²) in [6.45, 7) is 4.21. The van der Waals surface area contributed by atoms with E-state index in [-0.39, 0.29) is 5.91 Å². The Labute approximate surface area is 184 Å². The van der Waals surface area contributed by atoms with Crippen molar-refractivity contribution in [2.75, 3.05) is 35.7 Å². The van der Waals surface area contributed by atoms with Crippen LogP contribution < -0.4 is 20.3 Å². The number of rotatable bonds is 7. The summed E-state index contributed by atoms with van der Waals surface area (Å²) in [5, 5.41) is 6.46. The average molecular weight is 416 g/mol. The Morgan fingerprint density at radius 3 is 2.35 bits per heavy atom. The number of aryl methyl sites for hydroxylation is 1. The van der Waals surface area contributed by atoms with Crippen LogP contribution >= 0.6 is 0 Å². The molecule has 0 unspecified atom stereocenters. The van der Waals surface area contributed by atoms with E-state index in [2.05, 4.69) is 27.7 Å². The maximum absolute atomic E-state index is 13.3. The van der Waals surface area contributed by atoms with Crippen molar-refractivity contribution in [3.8, 4) is 5.75 Å². The first kappa shape index (κ1) is 20.8. The third-order valence-corrected chi connectivity index (χ3v) is 5.66. The molecule has 1 amide bonds. The van der Waals surface area contributed by atoms with E-state index in [1.165, 1.54) is 18.5 Å². The summed E-state index contributed by atoms with van der Waals surface area (Å²) in [6.07, 6.45) is 2.50. The Morgan fingerprint density at radius 2 is 1.68 bits per heavy atom. The van der Waals surface area contributed by atoms with E-state index in [0.717, 1.165) is 29.9 Å². The van der Waals surface area contributed by atoms with Crippen molar-refractivity contribution in [2.24, 2.45) is 0 Å². The number of hydrogen-bond donors (Lipinski definition) is 2. The van der Waals surface area contributed by atoms with Gasteiger partial charge in [0.05, 0.1) is 12.8 Å². The minimum atomic E-state index is -0.538. The largest absolute Gasteiger partial charge is 0.495 e. The van der Waals surface area contributed by atoms with Crippen molar-refractivity contribution >= 4 is 23.0 Å². The van der Waals surface area contributed by atoms with Crippen molar-refractivity contribution in [3.63, 3.8) is 0 Å². The van der Waals surface area contributed by atoms with E-state index in [1.807, 2.05) is 67.6 Å². The lowest BCUT2D eigenvalue weighted by molar-refractivity contribution is -0.117. The van der Waals surface area contributed by atoms with Crippen molar-refractivity contribution in [2.45, 2.75) is 25.8 Å². The Morgan fingerprint density at radius 1 is 0.968 bits per heavy atom. The maximum Gasteiger partial charge on any atom is 0.251 e. The fourth-order valence-corrected chi connectivity index (χ4v) is 3.98. The number of hydrogen-bond acceptors (Lipinski definition) is 4. The predicted octanol–water partition coefficient (Wildman–Crippen LogP) is 5.40. The molecule has 1 atom stereocenters. The summed E-state index contributed by atoms with van der Waals surface area (Å²) in [4.78, 5) is 15.7. The lowest BCUT2D eigenvalue weighted by Crippen LogP contribution is -2.27. The molecule has 3 aromatic carbocycles. The fraction of sp³-hybridized carbons (Fsp3) is 0.269. The number of ether oxygens (including phenoxy) is 1. The molecule has 0 radical (unpaired) electrons. The van der Waals surface area contributed by atoms with Gasteiger partial charge in [-0.15, -0.1) is 0 Å². The second kappa shape index (κ2) is 9.56. The van der Waals surface area contributed by atoms with Crippen molar-refractivity contribution in [3.05, 3.63) is 83.9 Å². The third-order valence-electron chi connectivity index (χ3n) is 5.66. The smallest absolute Gasteiger partial charge is 0.251 e. The van der Waals surface area contributed by atoms with E-state index in [0.29, 0.717) is 11.4 Å². The van der Waals surface area contributed by atoms with Gasteiger partial charge in [-0.25, -0.2) is 0 Å². The van der Waals surface area contributed by atoms with Gasteiger partial charge in [0.25, 0.3) is 5.91 Å². The molecule has 160 valence electrons. The van der Waals surface area contributed by atoms with Crippen LogP contribution in [0.25, 0.3) is 0 Å². The molecule has 1 fully saturated rings. The molecule has 5 nitrogen and oxygen atoms in total. The molecule has 5 heteroatoms. The first-order chi connectivity index (χ1) is 15.1. The van der Waals surface area contributed by atoms with E-state index in [4.69, 9.17) is 4.74 Å². The summed E-state index contributed by atoms with van der Waals surface area (Å²) in [6, 6.07) is 23.3.